The Morgan fingerprint density at radius 1 is 1.00 bits per heavy atom. The molecule has 1 fully saturated rings. The molecule has 8 N–H and O–H groups in total. The summed E-state index contributed by atoms with van der Waals surface area (Å²) < 4.78 is 0. The van der Waals surface area contributed by atoms with Crippen molar-refractivity contribution in [3.8, 4) is 0 Å². The lowest BCUT2D eigenvalue weighted by Crippen LogP contribution is -2.55. The second kappa shape index (κ2) is 16.4. The summed E-state index contributed by atoms with van der Waals surface area (Å²) in [5.41, 5.74) is 10.9. The van der Waals surface area contributed by atoms with E-state index in [1.165, 1.54) is 19.3 Å². The molecule has 176 valence electrons. The molecule has 1 saturated carbocycles. The highest BCUT2D eigenvalue weighted by Gasteiger charge is 2.34. The number of rotatable bonds is 8. The van der Waals surface area contributed by atoms with Crippen molar-refractivity contribution in [1.82, 2.24) is 15.5 Å². The molecule has 11 heteroatoms. The highest BCUT2D eigenvalue weighted by atomic mass is 16.4. The summed E-state index contributed by atoms with van der Waals surface area (Å²) in [7, 11) is 4.15. The molecule has 0 aliphatic heterocycles. The predicted octanol–water partition coefficient (Wildman–Crippen LogP) is 0.325. The Balaban J connectivity index is 0. The van der Waals surface area contributed by atoms with Crippen molar-refractivity contribution < 1.29 is 29.4 Å². The number of primary amides is 1. The maximum Gasteiger partial charge on any atom is 0.312 e. The number of carboxylic acid groups (broad SMARTS) is 2. The Morgan fingerprint density at radius 3 is 1.87 bits per heavy atom. The van der Waals surface area contributed by atoms with Crippen LogP contribution in [0.2, 0.25) is 0 Å². The summed E-state index contributed by atoms with van der Waals surface area (Å²) in [5.74, 6) is -1.79. The fourth-order valence-corrected chi connectivity index (χ4v) is 3.04. The maximum atomic E-state index is 12.1. The highest BCUT2D eigenvalue weighted by Crippen LogP contribution is 2.31. The lowest BCUT2D eigenvalue weighted by molar-refractivity contribution is -0.135. The quantitative estimate of drug-likeness (QED) is 0.295. The normalized spacial score (nSPS) is 15.4. The molecular formula is C19H39N5O6. The van der Waals surface area contributed by atoms with Crippen LogP contribution in [0.15, 0.2) is 0 Å². The number of nitrogens with two attached hydrogens (primary N) is 2. The summed E-state index contributed by atoms with van der Waals surface area (Å²) in [6.07, 6.45) is 7.07. The third-order valence-electron chi connectivity index (χ3n) is 4.65. The zero-order valence-corrected chi connectivity index (χ0v) is 18.6. The first-order valence-electron chi connectivity index (χ1n) is 9.97. The van der Waals surface area contributed by atoms with Gasteiger partial charge in [-0.25, -0.2) is 4.79 Å². The molecule has 0 heterocycles. The SMILES string of the molecule is CC(=O)O.CC(=O)O.CN(C)C1(CNC(=O)[C@@H](N)CCCNC(N)=O)CCCCC1. The van der Waals surface area contributed by atoms with Crippen molar-refractivity contribution in [1.29, 1.82) is 0 Å². The van der Waals surface area contributed by atoms with Gasteiger partial charge in [-0.2, -0.15) is 0 Å². The minimum atomic E-state index is -0.833. The molecule has 0 aromatic rings. The Labute approximate surface area is 178 Å². The van der Waals surface area contributed by atoms with Crippen molar-refractivity contribution in [2.24, 2.45) is 11.5 Å². The van der Waals surface area contributed by atoms with Gasteiger partial charge in [-0.05, 0) is 39.8 Å². The Bertz CT molecular complexity index is 516. The van der Waals surface area contributed by atoms with E-state index in [9.17, 15) is 9.59 Å². The van der Waals surface area contributed by atoms with Crippen LogP contribution in [0, 0.1) is 0 Å². The van der Waals surface area contributed by atoms with Gasteiger partial charge in [-0.3, -0.25) is 14.4 Å². The van der Waals surface area contributed by atoms with Crippen LogP contribution in [0.5, 0.6) is 0 Å². The molecule has 3 amide bonds. The Morgan fingerprint density at radius 2 is 1.47 bits per heavy atom. The number of aliphatic carboxylic acids is 2. The first-order chi connectivity index (χ1) is 13.8. The molecule has 0 unspecified atom stereocenters. The molecule has 0 radical (unpaired) electrons. The van der Waals surface area contributed by atoms with Gasteiger partial charge in [0.25, 0.3) is 11.9 Å². The largest absolute Gasteiger partial charge is 0.481 e. The first-order valence-corrected chi connectivity index (χ1v) is 9.97. The van der Waals surface area contributed by atoms with Gasteiger partial charge in [0, 0.05) is 32.5 Å². The molecule has 0 spiro atoms. The van der Waals surface area contributed by atoms with Gasteiger partial charge in [0.1, 0.15) is 0 Å². The number of carboxylic acids is 2. The second-order valence-corrected chi connectivity index (χ2v) is 7.48. The van der Waals surface area contributed by atoms with Crippen LogP contribution in [-0.4, -0.2) is 77.8 Å². The number of likely N-dealkylation sites (N-methyl/N-ethyl adjacent to an activating group) is 1. The average molecular weight is 434 g/mol. The number of nitrogens with zero attached hydrogens (tertiary/aromatic N) is 1. The Hall–Kier alpha value is -2.40. The molecular weight excluding hydrogens is 394 g/mol. The van der Waals surface area contributed by atoms with E-state index >= 15 is 0 Å². The van der Waals surface area contributed by atoms with Crippen LogP contribution >= 0.6 is 0 Å². The van der Waals surface area contributed by atoms with E-state index in [2.05, 4.69) is 29.6 Å². The van der Waals surface area contributed by atoms with E-state index in [0.717, 1.165) is 26.7 Å². The number of carbonyl (C=O) groups excluding carboxylic acids is 2. The third-order valence-corrected chi connectivity index (χ3v) is 4.65. The number of amides is 3. The highest BCUT2D eigenvalue weighted by molar-refractivity contribution is 5.81. The average Bonchev–Trinajstić information content (AvgIpc) is 2.62. The molecule has 30 heavy (non-hydrogen) atoms. The van der Waals surface area contributed by atoms with Crippen molar-refractivity contribution in [3.05, 3.63) is 0 Å². The molecule has 1 atom stereocenters. The van der Waals surface area contributed by atoms with Crippen LogP contribution in [-0.2, 0) is 14.4 Å². The van der Waals surface area contributed by atoms with Crippen molar-refractivity contribution in [2.45, 2.75) is 70.4 Å². The van der Waals surface area contributed by atoms with Gasteiger partial charge in [-0.15, -0.1) is 0 Å². The second-order valence-electron chi connectivity index (χ2n) is 7.48. The van der Waals surface area contributed by atoms with E-state index in [4.69, 9.17) is 31.3 Å². The maximum absolute atomic E-state index is 12.1. The topological polar surface area (TPSA) is 188 Å². The minimum absolute atomic E-state index is 0.0567. The van der Waals surface area contributed by atoms with Crippen LogP contribution < -0.4 is 22.1 Å². The summed E-state index contributed by atoms with van der Waals surface area (Å²) in [6.45, 7) is 3.25. The number of urea groups is 1. The lowest BCUT2D eigenvalue weighted by Gasteiger charge is -2.43. The third kappa shape index (κ3) is 16.5. The number of nitrogens with one attached hydrogen (secondary N) is 2. The number of hydrogen-bond acceptors (Lipinski definition) is 6. The van der Waals surface area contributed by atoms with Gasteiger partial charge in [0.2, 0.25) is 5.91 Å². The first kappa shape index (κ1) is 29.8. The molecule has 1 aliphatic rings. The van der Waals surface area contributed by atoms with Crippen molar-refractivity contribution >= 4 is 23.9 Å². The summed E-state index contributed by atoms with van der Waals surface area (Å²) >= 11 is 0. The van der Waals surface area contributed by atoms with E-state index in [1.54, 1.807) is 0 Å². The zero-order valence-electron chi connectivity index (χ0n) is 18.6. The predicted molar refractivity (Wildman–Crippen MR) is 114 cm³/mol. The molecule has 0 bridgehead atoms. The molecule has 11 nitrogen and oxygen atoms in total. The van der Waals surface area contributed by atoms with E-state index in [1.807, 2.05) is 0 Å². The van der Waals surface area contributed by atoms with Crippen LogP contribution in [0.25, 0.3) is 0 Å². The van der Waals surface area contributed by atoms with Crippen LogP contribution in [0.3, 0.4) is 0 Å². The summed E-state index contributed by atoms with van der Waals surface area (Å²) in [6, 6.07) is -1.10. The van der Waals surface area contributed by atoms with E-state index in [0.29, 0.717) is 25.9 Å². The van der Waals surface area contributed by atoms with E-state index < -0.39 is 24.0 Å². The molecule has 0 saturated heterocycles. The zero-order chi connectivity index (χ0) is 23.7. The Kier molecular flexibility index (Phi) is 16.3. The van der Waals surface area contributed by atoms with Gasteiger partial charge in [0.15, 0.2) is 0 Å². The monoisotopic (exact) mass is 433 g/mol. The van der Waals surface area contributed by atoms with Crippen LogP contribution in [0.4, 0.5) is 4.79 Å². The molecule has 0 aromatic carbocycles. The minimum Gasteiger partial charge on any atom is -0.481 e. The van der Waals surface area contributed by atoms with Crippen molar-refractivity contribution in [2.75, 3.05) is 27.2 Å². The van der Waals surface area contributed by atoms with Gasteiger partial charge in [-0.1, -0.05) is 19.3 Å². The fourth-order valence-electron chi connectivity index (χ4n) is 3.04. The molecule has 1 rings (SSSR count). The smallest absolute Gasteiger partial charge is 0.312 e. The summed E-state index contributed by atoms with van der Waals surface area (Å²) in [5, 5.41) is 20.3. The summed E-state index contributed by atoms with van der Waals surface area (Å²) in [4.78, 5) is 42.9. The van der Waals surface area contributed by atoms with Gasteiger partial charge in [0.05, 0.1) is 6.04 Å². The van der Waals surface area contributed by atoms with Gasteiger partial charge >= 0.3 is 6.03 Å². The fraction of sp³-hybridized carbons (Fsp3) is 0.789. The molecule has 0 aromatic heterocycles. The standard InChI is InChI=1S/C15H31N5O2.2C2H4O2/c1-20(2)15(8-4-3-5-9-15)11-19-13(21)12(16)7-6-10-18-14(17)22;2*1-2(3)4/h12H,3-11,16H2,1-2H3,(H,19,21)(H3,17,18,22);2*1H3,(H,3,4)/t12-;;/m0../s1. The van der Waals surface area contributed by atoms with Gasteiger partial charge < -0.3 is 37.2 Å². The van der Waals surface area contributed by atoms with Crippen molar-refractivity contribution in [3.63, 3.8) is 0 Å². The van der Waals surface area contributed by atoms with Crippen LogP contribution in [0.1, 0.15) is 58.8 Å². The molecule has 1 aliphatic carbocycles. The number of hydrogen-bond donors (Lipinski definition) is 6. The lowest BCUT2D eigenvalue weighted by atomic mass is 9.80. The van der Waals surface area contributed by atoms with E-state index in [-0.39, 0.29) is 11.4 Å². The number of carbonyl (C=O) groups is 4.